The van der Waals surface area contributed by atoms with Crippen molar-refractivity contribution >= 4 is 0 Å². The summed E-state index contributed by atoms with van der Waals surface area (Å²) in [7, 11) is 0. The number of hydrogen-bond donors (Lipinski definition) is 0. The quantitative estimate of drug-likeness (QED) is 0.186. The molecule has 0 saturated carbocycles. The zero-order chi connectivity index (χ0) is 20.3. The van der Waals surface area contributed by atoms with E-state index in [9.17, 15) is 22.0 Å². The van der Waals surface area contributed by atoms with E-state index < -0.39 is 30.4 Å². The molecule has 0 amide bonds. The number of halogens is 5. The topological polar surface area (TPSA) is 27.7 Å². The maximum absolute atomic E-state index is 14.3. The molecule has 0 aromatic rings. The number of ether oxygens (including phenoxy) is 3. The molecule has 0 aromatic carbocycles. The Hall–Kier alpha value is -0.470. The lowest BCUT2D eigenvalue weighted by atomic mass is 9.90. The lowest BCUT2D eigenvalue weighted by molar-refractivity contribution is -0.444. The van der Waals surface area contributed by atoms with Crippen molar-refractivity contribution in [2.24, 2.45) is 5.92 Å². The first-order valence-electron chi connectivity index (χ1n) is 9.49. The summed E-state index contributed by atoms with van der Waals surface area (Å²) in [4.78, 5) is 0. The third-order valence-electron chi connectivity index (χ3n) is 4.13. The molecule has 1 atom stereocenters. The van der Waals surface area contributed by atoms with E-state index in [1.54, 1.807) is 0 Å². The Labute approximate surface area is 153 Å². The molecule has 0 fully saturated rings. The van der Waals surface area contributed by atoms with Gasteiger partial charge in [0.2, 0.25) is 0 Å². The standard InChI is InChI=1S/C18H33F5O3/c1-5-9-10-11-12-13-14-15(16(19,20)18(21,22)23)17(24-6-2,25-7-3)26-8-4/h15H,5-14H2,1-4H3. The minimum atomic E-state index is -5.71. The summed E-state index contributed by atoms with van der Waals surface area (Å²) in [6.45, 7) is 6.21. The zero-order valence-electron chi connectivity index (χ0n) is 16.3. The molecule has 0 aromatic heterocycles. The fraction of sp³-hybridized carbons (Fsp3) is 1.00. The average molecular weight is 392 g/mol. The lowest BCUT2D eigenvalue weighted by Crippen LogP contribution is -2.58. The van der Waals surface area contributed by atoms with Crippen molar-refractivity contribution in [3.63, 3.8) is 0 Å². The molecule has 0 aliphatic carbocycles. The van der Waals surface area contributed by atoms with Crippen LogP contribution in [0.2, 0.25) is 0 Å². The van der Waals surface area contributed by atoms with Crippen LogP contribution in [0.25, 0.3) is 0 Å². The molecule has 8 heteroatoms. The molecule has 0 aliphatic rings. The van der Waals surface area contributed by atoms with Gasteiger partial charge in [-0.05, 0) is 27.2 Å². The highest BCUT2D eigenvalue weighted by Gasteiger charge is 2.68. The summed E-state index contributed by atoms with van der Waals surface area (Å²) in [5, 5.41) is 0. The molecule has 0 radical (unpaired) electrons. The van der Waals surface area contributed by atoms with Crippen LogP contribution in [0.3, 0.4) is 0 Å². The maximum Gasteiger partial charge on any atom is 0.453 e. The molecular weight excluding hydrogens is 359 g/mol. The van der Waals surface area contributed by atoms with Gasteiger partial charge in [0.15, 0.2) is 0 Å². The van der Waals surface area contributed by atoms with Crippen molar-refractivity contribution in [1.29, 1.82) is 0 Å². The summed E-state index contributed by atoms with van der Waals surface area (Å²) in [5.74, 6) is -9.68. The van der Waals surface area contributed by atoms with Crippen molar-refractivity contribution in [1.82, 2.24) is 0 Å². The molecule has 158 valence electrons. The van der Waals surface area contributed by atoms with Crippen molar-refractivity contribution < 1.29 is 36.2 Å². The van der Waals surface area contributed by atoms with Gasteiger partial charge in [0.25, 0.3) is 5.97 Å². The predicted molar refractivity (Wildman–Crippen MR) is 90.1 cm³/mol. The van der Waals surface area contributed by atoms with Gasteiger partial charge >= 0.3 is 12.1 Å². The van der Waals surface area contributed by atoms with Gasteiger partial charge in [-0.3, -0.25) is 0 Å². The largest absolute Gasteiger partial charge is 0.453 e. The van der Waals surface area contributed by atoms with Crippen LogP contribution in [0.5, 0.6) is 0 Å². The van der Waals surface area contributed by atoms with E-state index in [0.29, 0.717) is 6.42 Å². The molecule has 0 heterocycles. The first kappa shape index (κ1) is 25.5. The second kappa shape index (κ2) is 12.1. The Morgan fingerprint density at radius 1 is 0.654 bits per heavy atom. The fourth-order valence-electron chi connectivity index (χ4n) is 2.94. The minimum Gasteiger partial charge on any atom is -0.327 e. The van der Waals surface area contributed by atoms with Crippen molar-refractivity contribution in [2.45, 2.75) is 90.7 Å². The smallest absolute Gasteiger partial charge is 0.327 e. The van der Waals surface area contributed by atoms with Gasteiger partial charge in [-0.15, -0.1) is 0 Å². The van der Waals surface area contributed by atoms with Crippen LogP contribution in [0.15, 0.2) is 0 Å². The van der Waals surface area contributed by atoms with Crippen LogP contribution in [0.4, 0.5) is 22.0 Å². The minimum absolute atomic E-state index is 0.110. The zero-order valence-corrected chi connectivity index (χ0v) is 16.3. The van der Waals surface area contributed by atoms with Crippen LogP contribution in [0, 0.1) is 5.92 Å². The van der Waals surface area contributed by atoms with Gasteiger partial charge in [-0.1, -0.05) is 45.4 Å². The number of alkyl halides is 5. The van der Waals surface area contributed by atoms with Gasteiger partial charge in [-0.25, -0.2) is 0 Å². The molecule has 0 N–H and O–H groups in total. The number of hydrogen-bond acceptors (Lipinski definition) is 3. The van der Waals surface area contributed by atoms with E-state index in [1.165, 1.54) is 20.8 Å². The van der Waals surface area contributed by atoms with Gasteiger partial charge < -0.3 is 14.2 Å². The Bertz CT molecular complexity index is 344. The normalized spacial score (nSPS) is 14.7. The first-order valence-corrected chi connectivity index (χ1v) is 9.49. The summed E-state index contributed by atoms with van der Waals surface area (Å²) in [6.07, 6.45) is -1.55. The van der Waals surface area contributed by atoms with Gasteiger partial charge in [0, 0.05) is 19.8 Å². The predicted octanol–water partition coefficient (Wildman–Crippen LogP) is 6.31. The molecule has 26 heavy (non-hydrogen) atoms. The Morgan fingerprint density at radius 3 is 1.46 bits per heavy atom. The van der Waals surface area contributed by atoms with Crippen molar-refractivity contribution in [2.75, 3.05) is 19.8 Å². The van der Waals surface area contributed by atoms with Gasteiger partial charge in [0.1, 0.15) is 5.92 Å². The first-order chi connectivity index (χ1) is 12.1. The molecule has 3 nitrogen and oxygen atoms in total. The Kier molecular flexibility index (Phi) is 11.9. The number of rotatable bonds is 15. The average Bonchev–Trinajstić information content (AvgIpc) is 2.53. The molecular formula is C18H33F5O3. The highest BCUT2D eigenvalue weighted by atomic mass is 19.4. The molecule has 1 unspecified atom stereocenters. The van der Waals surface area contributed by atoms with Crippen molar-refractivity contribution in [3.05, 3.63) is 0 Å². The van der Waals surface area contributed by atoms with Crippen LogP contribution < -0.4 is 0 Å². The molecule has 0 spiro atoms. The molecule has 0 rings (SSSR count). The maximum atomic E-state index is 14.3. The fourth-order valence-corrected chi connectivity index (χ4v) is 2.94. The van der Waals surface area contributed by atoms with E-state index in [2.05, 4.69) is 0 Å². The molecule has 0 aliphatic heterocycles. The Balaban J connectivity index is 5.49. The van der Waals surface area contributed by atoms with Crippen LogP contribution >= 0.6 is 0 Å². The third-order valence-corrected chi connectivity index (χ3v) is 4.13. The van der Waals surface area contributed by atoms with E-state index in [1.807, 2.05) is 6.92 Å². The van der Waals surface area contributed by atoms with Gasteiger partial charge in [0.05, 0.1) is 0 Å². The summed E-state index contributed by atoms with van der Waals surface area (Å²) in [6, 6.07) is 0. The number of unbranched alkanes of at least 4 members (excludes halogenated alkanes) is 5. The van der Waals surface area contributed by atoms with Crippen LogP contribution in [0.1, 0.15) is 72.6 Å². The molecule has 0 bridgehead atoms. The lowest BCUT2D eigenvalue weighted by Gasteiger charge is -2.42. The second-order valence-corrected chi connectivity index (χ2v) is 6.13. The Morgan fingerprint density at radius 2 is 1.08 bits per heavy atom. The highest BCUT2D eigenvalue weighted by Crippen LogP contribution is 2.49. The van der Waals surface area contributed by atoms with Gasteiger partial charge in [-0.2, -0.15) is 22.0 Å². The summed E-state index contributed by atoms with van der Waals surface area (Å²) in [5.41, 5.74) is 0. The highest BCUT2D eigenvalue weighted by molar-refractivity contribution is 4.90. The third kappa shape index (κ3) is 7.27. The van der Waals surface area contributed by atoms with Crippen LogP contribution in [-0.4, -0.2) is 37.9 Å². The molecule has 0 saturated heterocycles. The van der Waals surface area contributed by atoms with Crippen LogP contribution in [-0.2, 0) is 14.2 Å². The van der Waals surface area contributed by atoms with E-state index in [0.717, 1.165) is 25.7 Å². The van der Waals surface area contributed by atoms with E-state index in [4.69, 9.17) is 14.2 Å². The second-order valence-electron chi connectivity index (χ2n) is 6.13. The summed E-state index contributed by atoms with van der Waals surface area (Å²) < 4.78 is 83.6. The summed E-state index contributed by atoms with van der Waals surface area (Å²) >= 11 is 0. The SMILES string of the molecule is CCCCCCCCC(C(OCC)(OCC)OCC)C(F)(F)C(F)(F)F. The monoisotopic (exact) mass is 392 g/mol. The van der Waals surface area contributed by atoms with E-state index in [-0.39, 0.29) is 26.2 Å². The van der Waals surface area contributed by atoms with Crippen molar-refractivity contribution in [3.8, 4) is 0 Å². The van der Waals surface area contributed by atoms with E-state index >= 15 is 0 Å².